The second-order valence-electron chi connectivity index (χ2n) is 21.8. The van der Waals surface area contributed by atoms with Crippen LogP contribution in [-0.4, -0.2) is 9.55 Å². The summed E-state index contributed by atoms with van der Waals surface area (Å²) in [4.78, 5) is 9.53. The van der Waals surface area contributed by atoms with Crippen LogP contribution in [0.2, 0.25) is 0 Å². The number of fused-ring (bicyclic) bond motifs is 4. The van der Waals surface area contributed by atoms with Crippen LogP contribution in [0, 0.1) is 24.2 Å². The molecule has 0 amide bonds. The molecule has 0 atom stereocenters. The molecule has 0 bridgehead atoms. The van der Waals surface area contributed by atoms with Crippen LogP contribution in [0.1, 0.15) is 118 Å². The van der Waals surface area contributed by atoms with Gasteiger partial charge in [0.15, 0.2) is 0 Å². The first-order chi connectivity index (χ1) is 30.7. The molecule has 0 spiro atoms. The van der Waals surface area contributed by atoms with Crippen LogP contribution in [0.5, 0.6) is 11.5 Å². The van der Waals surface area contributed by atoms with Gasteiger partial charge in [-0.25, -0.2) is 4.98 Å². The fraction of sp³-hybridized carbons (Fsp3) is 0.300. The summed E-state index contributed by atoms with van der Waals surface area (Å²) in [7, 11) is 0. The zero-order valence-electron chi connectivity index (χ0n) is 40.9. The number of anilines is 4. The molecule has 8 aromatic rings. The molecule has 3 heterocycles. The van der Waals surface area contributed by atoms with Gasteiger partial charge in [-0.05, 0) is 103 Å². The molecule has 5 nitrogen and oxygen atoms in total. The maximum absolute atomic E-state index is 6.98. The van der Waals surface area contributed by atoms with Crippen molar-refractivity contribution in [2.45, 2.75) is 112 Å². The number of hydrogen-bond acceptors (Lipinski definition) is 4. The molecule has 0 N–H and O–H groups in total. The largest absolute Gasteiger partial charge is 0.509 e. The molecule has 9 rings (SSSR count). The van der Waals surface area contributed by atoms with Crippen LogP contribution in [0.15, 0.2) is 134 Å². The normalized spacial score (nSPS) is 13.4. The average molecular weight is 1050 g/mol. The van der Waals surface area contributed by atoms with Crippen molar-refractivity contribution in [3.63, 3.8) is 0 Å². The number of nitrogens with zero attached hydrogens (tertiary/aromatic N) is 4. The van der Waals surface area contributed by atoms with Crippen molar-refractivity contribution in [3.05, 3.63) is 175 Å². The van der Waals surface area contributed by atoms with Crippen LogP contribution in [0.4, 0.5) is 22.7 Å². The molecular formula is C60H63N4OPt-3. The second-order valence-corrected chi connectivity index (χ2v) is 21.8. The van der Waals surface area contributed by atoms with Crippen LogP contribution in [-0.2, 0) is 37.3 Å². The van der Waals surface area contributed by atoms with E-state index in [4.69, 9.17) is 9.72 Å². The summed E-state index contributed by atoms with van der Waals surface area (Å²) in [5.74, 6) is 2.38. The van der Waals surface area contributed by atoms with E-state index in [-0.39, 0.29) is 42.7 Å². The van der Waals surface area contributed by atoms with Gasteiger partial charge < -0.3 is 19.1 Å². The first-order valence-electron chi connectivity index (χ1n) is 23.1. The molecule has 0 radical (unpaired) electrons. The number of hydrogen-bond donors (Lipinski definition) is 0. The molecule has 342 valence electrons. The monoisotopic (exact) mass is 1050 g/mol. The average Bonchev–Trinajstić information content (AvgIpc) is 3.81. The maximum atomic E-state index is 6.98. The van der Waals surface area contributed by atoms with E-state index in [0.717, 1.165) is 55.9 Å². The number of rotatable bonds is 8. The summed E-state index contributed by atoms with van der Waals surface area (Å²) in [6.45, 7) is 32.0. The van der Waals surface area contributed by atoms with Gasteiger partial charge in [0.05, 0.1) is 0 Å². The number of aromatic nitrogens is 2. The Bertz CT molecular complexity index is 3080. The molecule has 0 saturated carbocycles. The van der Waals surface area contributed by atoms with Crippen LogP contribution in [0.25, 0.3) is 38.8 Å². The van der Waals surface area contributed by atoms with E-state index in [1.165, 1.54) is 27.8 Å². The third-order valence-electron chi connectivity index (χ3n) is 13.9. The molecule has 1 aliphatic heterocycles. The molecular weight excluding hydrogens is 988 g/mol. The molecule has 6 aromatic carbocycles. The number of ether oxygens (including phenoxy) is 1. The van der Waals surface area contributed by atoms with Gasteiger partial charge in [0.2, 0.25) is 0 Å². The van der Waals surface area contributed by atoms with E-state index in [2.05, 4.69) is 245 Å². The first-order valence-corrected chi connectivity index (χ1v) is 23.1. The van der Waals surface area contributed by atoms with Gasteiger partial charge in [-0.3, -0.25) is 0 Å². The molecule has 0 aliphatic carbocycles. The molecule has 0 saturated heterocycles. The molecule has 66 heavy (non-hydrogen) atoms. The van der Waals surface area contributed by atoms with Crippen molar-refractivity contribution in [1.29, 1.82) is 0 Å². The number of para-hydroxylation sites is 1. The summed E-state index contributed by atoms with van der Waals surface area (Å²) >= 11 is 0. The van der Waals surface area contributed by atoms with Gasteiger partial charge in [0.1, 0.15) is 5.82 Å². The zero-order chi connectivity index (χ0) is 46.2. The summed E-state index contributed by atoms with van der Waals surface area (Å²) in [5.41, 5.74) is 13.4. The number of pyridine rings is 1. The van der Waals surface area contributed by atoms with E-state index in [1.807, 2.05) is 12.3 Å². The van der Waals surface area contributed by atoms with Crippen molar-refractivity contribution in [2.75, 3.05) is 9.80 Å². The van der Waals surface area contributed by atoms with E-state index in [9.17, 15) is 0 Å². The third kappa shape index (κ3) is 8.61. The Labute approximate surface area is 408 Å². The topological polar surface area (TPSA) is 33.5 Å². The minimum atomic E-state index is -0.0547. The van der Waals surface area contributed by atoms with Gasteiger partial charge in [-0.2, -0.15) is 6.07 Å². The molecule has 2 aromatic heterocycles. The molecule has 0 fully saturated rings. The van der Waals surface area contributed by atoms with Crippen LogP contribution in [0.3, 0.4) is 0 Å². The van der Waals surface area contributed by atoms with Gasteiger partial charge in [0.25, 0.3) is 0 Å². The predicted molar refractivity (Wildman–Crippen MR) is 274 cm³/mol. The van der Waals surface area contributed by atoms with Gasteiger partial charge in [0, 0.05) is 61.3 Å². The van der Waals surface area contributed by atoms with Crippen LogP contribution >= 0.6 is 0 Å². The first kappa shape index (κ1) is 46.9. The quantitative estimate of drug-likeness (QED) is 0.142. The van der Waals surface area contributed by atoms with E-state index < -0.39 is 0 Å². The summed E-state index contributed by atoms with van der Waals surface area (Å²) in [6, 6.07) is 53.5. The van der Waals surface area contributed by atoms with Crippen LogP contribution < -0.4 is 14.5 Å². The van der Waals surface area contributed by atoms with Gasteiger partial charge >= 0.3 is 0 Å². The Balaban J connectivity index is 0.00000592. The summed E-state index contributed by atoms with van der Waals surface area (Å²) < 4.78 is 9.19. The summed E-state index contributed by atoms with van der Waals surface area (Å²) in [6.07, 6.45) is 1.91. The summed E-state index contributed by atoms with van der Waals surface area (Å²) in [5, 5.41) is 2.23. The van der Waals surface area contributed by atoms with E-state index >= 15 is 0 Å². The van der Waals surface area contributed by atoms with Crippen molar-refractivity contribution in [3.8, 4) is 28.4 Å². The Kier molecular flexibility index (Phi) is 12.2. The Morgan fingerprint density at radius 2 is 1.30 bits per heavy atom. The van der Waals surface area contributed by atoms with E-state index in [0.29, 0.717) is 17.4 Å². The third-order valence-corrected chi connectivity index (χ3v) is 13.9. The standard InChI is InChI=1S/C60H63N4O.Pt/c1-39(2)48-21-14-15-22-49(48)40-31-45(63-38-62(53-28-25-41(34-55(53)63)57(3,4)5)44-20-18-19-43(33-44)60(12,13)59(9,10)11)36-47(32-40)65-46-26-27-51-50-23-16-17-24-52(50)64(54(51)37-46)56-35-42(29-30-61-56)58(6,7)8;/h14-35,38-39H,1-13H3;/q-3;. The number of benzene rings is 6. The fourth-order valence-corrected chi connectivity index (χ4v) is 8.93. The van der Waals surface area contributed by atoms with Gasteiger partial charge in [-0.15, -0.1) is 53.6 Å². The Morgan fingerprint density at radius 1 is 0.591 bits per heavy atom. The smallest absolute Gasteiger partial charge is 0.135 e. The fourth-order valence-electron chi connectivity index (χ4n) is 8.93. The molecule has 0 unspecified atom stereocenters. The van der Waals surface area contributed by atoms with Crippen molar-refractivity contribution >= 4 is 44.6 Å². The second kappa shape index (κ2) is 17.2. The minimum absolute atomic E-state index is 0. The maximum Gasteiger partial charge on any atom is 0.135 e. The SMILES string of the molecule is CC(C)c1ccccc1-c1cc(Oc2[c-]c3c(cc2)c2ccccc2n3-c2cc(C(C)(C)C)ccn2)[c-]c(N2[CH-]N(c3cccc(C(C)(C)C(C)(C)C)c3)c3ccc(C(C)(C)C)cc32)c1.[Pt]. The van der Waals surface area contributed by atoms with Crippen molar-refractivity contribution in [1.82, 2.24) is 9.55 Å². The molecule has 1 aliphatic rings. The van der Waals surface area contributed by atoms with Gasteiger partial charge in [-0.1, -0.05) is 156 Å². The van der Waals surface area contributed by atoms with E-state index in [1.54, 1.807) is 0 Å². The van der Waals surface area contributed by atoms with Crippen molar-refractivity contribution in [2.24, 2.45) is 5.41 Å². The Morgan fingerprint density at radius 3 is 2.03 bits per heavy atom. The molecule has 6 heteroatoms. The minimum Gasteiger partial charge on any atom is -0.509 e. The Hall–Kier alpha value is -5.64. The zero-order valence-corrected chi connectivity index (χ0v) is 43.1. The predicted octanol–water partition coefficient (Wildman–Crippen LogP) is 16.7. The van der Waals surface area contributed by atoms with Crippen molar-refractivity contribution < 1.29 is 25.8 Å².